The molecule has 4 aromatic carbocycles. The minimum absolute atomic E-state index is 0. The highest BCUT2D eigenvalue weighted by Crippen LogP contribution is 2.58. The predicted octanol–water partition coefficient (Wildman–Crippen LogP) is 2.50. The van der Waals surface area contributed by atoms with Gasteiger partial charge in [-0.1, -0.05) is 72.3 Å². The van der Waals surface area contributed by atoms with E-state index in [9.17, 15) is 12.3 Å². The van der Waals surface area contributed by atoms with Gasteiger partial charge in [0.25, 0.3) is 0 Å². The minimum atomic E-state index is -4.93. The molecule has 32 heavy (non-hydrogen) atoms. The van der Waals surface area contributed by atoms with Gasteiger partial charge in [0.05, 0.1) is 11.2 Å². The van der Waals surface area contributed by atoms with E-state index >= 15 is 0 Å². The lowest BCUT2D eigenvalue weighted by atomic mass is 10.2. The predicted molar refractivity (Wildman–Crippen MR) is 129 cm³/mol. The fraction of sp³-hybridized carbons (Fsp3) is 0.0400. The molecule has 0 amide bonds. The van der Waals surface area contributed by atoms with Crippen molar-refractivity contribution in [2.24, 2.45) is 0 Å². The highest BCUT2D eigenvalue weighted by molar-refractivity contribution is 7.95. The molecule has 0 N–H and O–H groups in total. The fourth-order valence-electron chi connectivity index (χ4n) is 3.88. The van der Waals surface area contributed by atoms with Crippen LogP contribution in [0.1, 0.15) is 5.56 Å². The van der Waals surface area contributed by atoms with Gasteiger partial charge in [0.2, 0.25) is 0 Å². The van der Waals surface area contributed by atoms with E-state index in [1.54, 1.807) is 6.07 Å². The molecule has 0 bridgehead atoms. The molecule has 0 saturated heterocycles. The van der Waals surface area contributed by atoms with Crippen molar-refractivity contribution >= 4 is 45.0 Å². The summed E-state index contributed by atoms with van der Waals surface area (Å²) in [5.41, 5.74) is 0.713. The first-order valence-corrected chi connectivity index (χ1v) is 13.4. The lowest BCUT2D eigenvalue weighted by Crippen LogP contribution is -3.00. The molecule has 0 atom stereocenters. The maximum absolute atomic E-state index is 13.9. The average molecular weight is 550 g/mol. The van der Waals surface area contributed by atoms with Crippen molar-refractivity contribution in [2.45, 2.75) is 11.1 Å². The lowest BCUT2D eigenvalue weighted by Gasteiger charge is -2.28. The second-order valence-corrected chi connectivity index (χ2v) is 12.4. The van der Waals surface area contributed by atoms with Crippen LogP contribution in [0.5, 0.6) is 0 Å². The van der Waals surface area contributed by atoms with Crippen LogP contribution in [0.3, 0.4) is 0 Å². The first-order valence-electron chi connectivity index (χ1n) is 9.69. The third kappa shape index (κ3) is 4.97. The molecule has 0 aliphatic rings. The van der Waals surface area contributed by atoms with E-state index in [4.69, 9.17) is 11.6 Å². The summed E-state index contributed by atoms with van der Waals surface area (Å²) in [7, 11) is -7.15. The average Bonchev–Trinajstić information content (AvgIpc) is 2.79. The van der Waals surface area contributed by atoms with Crippen molar-refractivity contribution < 1.29 is 29.3 Å². The van der Waals surface area contributed by atoms with Gasteiger partial charge in [0.15, 0.2) is 0 Å². The number of hydrogen-bond donors (Lipinski definition) is 0. The summed E-state index contributed by atoms with van der Waals surface area (Å²) >= 11 is 5.99. The first-order chi connectivity index (χ1) is 14.9. The van der Waals surface area contributed by atoms with Crippen molar-refractivity contribution in [1.29, 1.82) is 0 Å². The molecule has 4 rings (SSSR count). The van der Waals surface area contributed by atoms with E-state index in [1.807, 2.05) is 54.6 Å². The zero-order valence-corrected chi connectivity index (χ0v) is 21.0. The van der Waals surface area contributed by atoms with Gasteiger partial charge >= 0.3 is 10.2 Å². The van der Waals surface area contributed by atoms with Crippen LogP contribution in [-0.4, -0.2) is 8.42 Å². The van der Waals surface area contributed by atoms with Crippen molar-refractivity contribution in [3.8, 4) is 0 Å². The van der Waals surface area contributed by atoms with Gasteiger partial charge in [-0.2, -0.15) is 8.42 Å². The summed E-state index contributed by atoms with van der Waals surface area (Å²) in [6, 6.07) is 35.2. The molecule has 0 unspecified atom stereocenters. The number of hydrogen-bond acceptors (Lipinski definition) is 2. The van der Waals surface area contributed by atoms with Crippen molar-refractivity contribution in [1.82, 2.24) is 0 Å². The summed E-state index contributed by atoms with van der Waals surface area (Å²) in [5.74, 6) is 0. The number of halogens is 3. The number of benzene rings is 4. The zero-order valence-electron chi connectivity index (χ0n) is 16.9. The molecule has 0 aliphatic heterocycles. The monoisotopic (exact) mass is 548 g/mol. The fourth-order valence-corrected chi connectivity index (χ4v) is 9.09. The molecular formula is C25H20BrClFO2PS. The third-order valence-corrected chi connectivity index (χ3v) is 11.0. The minimum Gasteiger partial charge on any atom is -1.00 e. The molecule has 0 saturated carbocycles. The molecule has 0 heterocycles. The zero-order chi connectivity index (χ0) is 21.9. The summed E-state index contributed by atoms with van der Waals surface area (Å²) in [4.78, 5) is -0.487. The van der Waals surface area contributed by atoms with Crippen LogP contribution in [0.2, 0.25) is 5.02 Å². The Morgan fingerprint density at radius 1 is 0.688 bits per heavy atom. The van der Waals surface area contributed by atoms with Gasteiger partial charge in [-0.05, 0) is 54.1 Å². The molecule has 0 aromatic heterocycles. The Labute approximate surface area is 204 Å². The summed E-state index contributed by atoms with van der Waals surface area (Å²) in [6.07, 6.45) is 0.532. The molecule has 7 heteroatoms. The van der Waals surface area contributed by atoms with E-state index in [0.717, 1.165) is 15.9 Å². The first kappa shape index (κ1) is 24.6. The van der Waals surface area contributed by atoms with E-state index in [-0.39, 0.29) is 22.0 Å². The van der Waals surface area contributed by atoms with E-state index in [2.05, 4.69) is 36.4 Å². The van der Waals surface area contributed by atoms with E-state index in [1.165, 1.54) is 12.1 Å². The topological polar surface area (TPSA) is 34.1 Å². The van der Waals surface area contributed by atoms with Gasteiger partial charge in [-0.25, -0.2) is 0 Å². The van der Waals surface area contributed by atoms with Crippen LogP contribution >= 0.6 is 18.9 Å². The molecule has 4 aromatic rings. The van der Waals surface area contributed by atoms with Crippen molar-refractivity contribution in [2.75, 3.05) is 0 Å². The summed E-state index contributed by atoms with van der Waals surface area (Å²) in [6.45, 7) is 0. The molecule has 0 spiro atoms. The molecule has 0 fully saturated rings. The Kier molecular flexibility index (Phi) is 7.89. The SMILES string of the molecule is O=S(=O)(F)c1cc(C[P+](c2ccccc2)(c2ccccc2)c2ccccc2)ccc1Cl.[Br-]. The van der Waals surface area contributed by atoms with Crippen LogP contribution in [0, 0.1) is 0 Å². The van der Waals surface area contributed by atoms with Crippen LogP contribution in [0.4, 0.5) is 3.89 Å². The van der Waals surface area contributed by atoms with E-state index in [0.29, 0.717) is 11.7 Å². The summed E-state index contributed by atoms with van der Waals surface area (Å²) in [5, 5.41) is 3.36. The highest BCUT2D eigenvalue weighted by atomic mass is 79.9. The molecular weight excluding hydrogens is 530 g/mol. The lowest BCUT2D eigenvalue weighted by molar-refractivity contribution is -0.00000943. The molecule has 164 valence electrons. The van der Waals surface area contributed by atoms with Gasteiger partial charge in [-0.15, -0.1) is 3.89 Å². The van der Waals surface area contributed by atoms with Gasteiger partial charge in [0.1, 0.15) is 28.1 Å². The van der Waals surface area contributed by atoms with Crippen molar-refractivity contribution in [3.05, 3.63) is 120 Å². The smallest absolute Gasteiger partial charge is 0.333 e. The molecule has 2 nitrogen and oxygen atoms in total. The van der Waals surface area contributed by atoms with Crippen LogP contribution in [0.25, 0.3) is 0 Å². The van der Waals surface area contributed by atoms with Crippen LogP contribution in [-0.2, 0) is 16.4 Å². The van der Waals surface area contributed by atoms with Gasteiger partial charge in [-0.3, -0.25) is 0 Å². The Balaban J connectivity index is 0.00000289. The Morgan fingerprint density at radius 2 is 1.09 bits per heavy atom. The Morgan fingerprint density at radius 3 is 1.47 bits per heavy atom. The van der Waals surface area contributed by atoms with Crippen molar-refractivity contribution in [3.63, 3.8) is 0 Å². The summed E-state index contributed by atoms with van der Waals surface area (Å²) < 4.78 is 37.1. The second-order valence-electron chi connectivity index (χ2n) is 7.18. The maximum Gasteiger partial charge on any atom is 0.333 e. The quantitative estimate of drug-likeness (QED) is 0.274. The van der Waals surface area contributed by atoms with E-state index < -0.39 is 22.4 Å². The van der Waals surface area contributed by atoms with Gasteiger partial charge < -0.3 is 17.0 Å². The third-order valence-electron chi connectivity index (χ3n) is 5.27. The normalized spacial score (nSPS) is 11.6. The Bertz CT molecular complexity index is 1190. The van der Waals surface area contributed by atoms with Gasteiger partial charge in [0, 0.05) is 0 Å². The molecule has 0 radical (unpaired) electrons. The van der Waals surface area contributed by atoms with Crippen LogP contribution < -0.4 is 32.9 Å². The number of rotatable bonds is 6. The Hall–Kier alpha value is -2.04. The maximum atomic E-state index is 13.9. The second kappa shape index (κ2) is 10.3. The molecule has 0 aliphatic carbocycles. The van der Waals surface area contributed by atoms with Crippen LogP contribution in [0.15, 0.2) is 114 Å². The standard InChI is InChI=1S/C25H20ClFO2PS.BrH/c26-24-17-16-20(18-25(24)31(27,28)29)19-30(21-10-4-1-5-11-21,22-12-6-2-7-13-22)23-14-8-3-9-15-23;/h1-18H,19H2;1H/q+1;/p-1. The largest absolute Gasteiger partial charge is 1.00 e. The highest BCUT2D eigenvalue weighted by Gasteiger charge is 2.45.